The summed E-state index contributed by atoms with van der Waals surface area (Å²) in [4.78, 5) is 2.48. The van der Waals surface area contributed by atoms with Crippen LogP contribution in [0.1, 0.15) is 22.3 Å². The predicted molar refractivity (Wildman–Crippen MR) is 260 cm³/mol. The number of ether oxygens (including phenoxy) is 1. The lowest BCUT2D eigenvalue weighted by Crippen LogP contribution is -2.32. The molecule has 0 amide bonds. The summed E-state index contributed by atoms with van der Waals surface area (Å²) in [5.74, 6) is 1.78. The van der Waals surface area contributed by atoms with Crippen molar-refractivity contribution in [1.82, 2.24) is 0 Å². The van der Waals surface area contributed by atoms with E-state index < -0.39 is 5.41 Å². The van der Waals surface area contributed by atoms with Crippen molar-refractivity contribution in [3.8, 4) is 67.1 Å². The quantitative estimate of drug-likeness (QED) is 0.159. The first-order chi connectivity index (χ1) is 31.2. The van der Waals surface area contributed by atoms with Gasteiger partial charge in [-0.25, -0.2) is 0 Å². The lowest BCUT2D eigenvalue weighted by Gasteiger charge is -2.39. The van der Waals surface area contributed by atoms with Crippen LogP contribution < -0.4 is 9.64 Å². The molecule has 1 aliphatic heterocycles. The minimum Gasteiger partial charge on any atom is -0.457 e. The summed E-state index contributed by atoms with van der Waals surface area (Å²) >= 11 is 0. The molecule has 1 heterocycles. The fraction of sp³-hybridized carbons (Fsp3) is 0.0164. The topological polar surface area (TPSA) is 12.5 Å². The average Bonchev–Trinajstić information content (AvgIpc) is 3.65. The van der Waals surface area contributed by atoms with E-state index in [1.807, 2.05) is 0 Å². The van der Waals surface area contributed by atoms with E-state index in [-0.39, 0.29) is 0 Å². The van der Waals surface area contributed by atoms with E-state index in [4.69, 9.17) is 4.74 Å². The number of benzene rings is 10. The molecular formula is C61H41NO. The van der Waals surface area contributed by atoms with Crippen LogP contribution in [-0.2, 0) is 5.41 Å². The smallest absolute Gasteiger partial charge is 0.132 e. The Morgan fingerprint density at radius 2 is 0.746 bits per heavy atom. The second-order valence-electron chi connectivity index (χ2n) is 16.4. The van der Waals surface area contributed by atoms with Gasteiger partial charge in [-0.15, -0.1) is 0 Å². The second-order valence-corrected chi connectivity index (χ2v) is 16.4. The second kappa shape index (κ2) is 15.1. The van der Waals surface area contributed by atoms with Crippen molar-refractivity contribution in [3.05, 3.63) is 271 Å². The van der Waals surface area contributed by atoms with Crippen LogP contribution in [0.15, 0.2) is 249 Å². The van der Waals surface area contributed by atoms with E-state index in [1.54, 1.807) is 0 Å². The van der Waals surface area contributed by atoms with E-state index in [0.717, 1.165) is 61.9 Å². The molecule has 10 aromatic carbocycles. The molecule has 12 rings (SSSR count). The highest BCUT2D eigenvalue weighted by atomic mass is 16.5. The molecule has 0 bridgehead atoms. The summed E-state index contributed by atoms with van der Waals surface area (Å²) in [5.41, 5.74) is 19.2. The molecule has 0 N–H and O–H groups in total. The summed E-state index contributed by atoms with van der Waals surface area (Å²) < 4.78 is 6.66. The zero-order valence-corrected chi connectivity index (χ0v) is 34.5. The molecule has 0 saturated heterocycles. The Morgan fingerprint density at radius 3 is 1.33 bits per heavy atom. The Labute approximate surface area is 368 Å². The summed E-state index contributed by atoms with van der Waals surface area (Å²) in [7, 11) is 0. The van der Waals surface area contributed by atoms with Crippen molar-refractivity contribution < 1.29 is 4.74 Å². The van der Waals surface area contributed by atoms with Gasteiger partial charge in [0.15, 0.2) is 0 Å². The number of rotatable bonds is 7. The van der Waals surface area contributed by atoms with E-state index in [1.165, 1.54) is 44.5 Å². The molecule has 63 heavy (non-hydrogen) atoms. The number of nitrogens with zero attached hydrogens (tertiary/aromatic N) is 1. The van der Waals surface area contributed by atoms with Gasteiger partial charge in [0.1, 0.15) is 11.5 Å². The van der Waals surface area contributed by atoms with E-state index in [2.05, 4.69) is 254 Å². The summed E-state index contributed by atoms with van der Waals surface area (Å²) in [5, 5.41) is 0. The molecule has 2 aliphatic rings. The molecule has 0 unspecified atom stereocenters. The first-order valence-electron chi connectivity index (χ1n) is 21.7. The zero-order valence-electron chi connectivity index (χ0n) is 34.5. The molecule has 10 aromatic rings. The molecular weight excluding hydrogens is 763 g/mol. The first kappa shape index (κ1) is 36.6. The molecule has 0 fully saturated rings. The van der Waals surface area contributed by atoms with E-state index in [9.17, 15) is 0 Å². The third-order valence-corrected chi connectivity index (χ3v) is 12.9. The maximum absolute atomic E-state index is 6.66. The van der Waals surface area contributed by atoms with Crippen molar-refractivity contribution in [3.63, 3.8) is 0 Å². The Kier molecular flexibility index (Phi) is 8.76. The van der Waals surface area contributed by atoms with Crippen molar-refractivity contribution in [2.24, 2.45) is 0 Å². The lowest BCUT2D eigenvalue weighted by atomic mass is 9.66. The fourth-order valence-electron chi connectivity index (χ4n) is 10.1. The number of hydrogen-bond acceptors (Lipinski definition) is 2. The van der Waals surface area contributed by atoms with E-state index >= 15 is 0 Å². The highest BCUT2D eigenvalue weighted by Crippen LogP contribution is 2.62. The van der Waals surface area contributed by atoms with Crippen LogP contribution in [0, 0.1) is 0 Å². The van der Waals surface area contributed by atoms with Gasteiger partial charge in [0, 0.05) is 28.1 Å². The van der Waals surface area contributed by atoms with Crippen LogP contribution in [0.5, 0.6) is 11.5 Å². The van der Waals surface area contributed by atoms with Gasteiger partial charge in [-0.05, 0) is 116 Å². The number of fused-ring (bicyclic) bond motifs is 9. The Hall–Kier alpha value is -8.20. The van der Waals surface area contributed by atoms with E-state index in [0.29, 0.717) is 0 Å². The lowest BCUT2D eigenvalue weighted by molar-refractivity contribution is 0.436. The molecule has 296 valence electrons. The van der Waals surface area contributed by atoms with Crippen molar-refractivity contribution >= 4 is 17.1 Å². The Bertz CT molecular complexity index is 3200. The van der Waals surface area contributed by atoms with Crippen molar-refractivity contribution in [1.29, 1.82) is 0 Å². The van der Waals surface area contributed by atoms with Crippen LogP contribution in [0.2, 0.25) is 0 Å². The third kappa shape index (κ3) is 6.02. The molecule has 1 spiro atoms. The standard InChI is InChI=1S/C61H41NO/c1-5-19-42(20-6-1)46-33-36-58(52(40-46)45-25-11-4-12-26-45)62(50-38-47(43-21-7-2-8-22-43)37-48(39-50)44-23-9-3-10-24-44)49-34-35-55-53(41-49)51-27-13-14-28-54(51)61(55)56-29-15-17-31-59(56)63-60-32-18-16-30-57(60)61/h1-41H. The zero-order chi connectivity index (χ0) is 41.7. The summed E-state index contributed by atoms with van der Waals surface area (Å²) in [6.45, 7) is 0. The van der Waals surface area contributed by atoms with Gasteiger partial charge < -0.3 is 9.64 Å². The molecule has 0 saturated carbocycles. The molecule has 1 aliphatic carbocycles. The minimum atomic E-state index is -0.555. The van der Waals surface area contributed by atoms with Crippen LogP contribution in [0.4, 0.5) is 17.1 Å². The predicted octanol–water partition coefficient (Wildman–Crippen LogP) is 16.3. The van der Waals surface area contributed by atoms with Crippen molar-refractivity contribution in [2.75, 3.05) is 4.90 Å². The molecule has 0 aromatic heterocycles. The highest BCUT2D eigenvalue weighted by Gasteiger charge is 2.51. The molecule has 0 atom stereocenters. The fourth-order valence-corrected chi connectivity index (χ4v) is 10.1. The SMILES string of the molecule is c1ccc(-c2cc(-c3ccccc3)cc(N(c3ccc4c(c3)-c3ccccc3C43c4ccccc4Oc4ccccc43)c3ccc(-c4ccccc4)cc3-c3ccccc3)c2)cc1. The number of para-hydroxylation sites is 2. The first-order valence-corrected chi connectivity index (χ1v) is 21.7. The van der Waals surface area contributed by atoms with Crippen LogP contribution in [-0.4, -0.2) is 0 Å². The summed E-state index contributed by atoms with van der Waals surface area (Å²) in [6, 6.07) is 90.3. The molecule has 2 nitrogen and oxygen atoms in total. The maximum Gasteiger partial charge on any atom is 0.132 e. The Balaban J connectivity index is 1.15. The third-order valence-electron chi connectivity index (χ3n) is 12.9. The van der Waals surface area contributed by atoms with Gasteiger partial charge in [0.25, 0.3) is 0 Å². The highest BCUT2D eigenvalue weighted by molar-refractivity contribution is 5.96. The van der Waals surface area contributed by atoms with Gasteiger partial charge in [-0.2, -0.15) is 0 Å². The normalized spacial score (nSPS) is 12.7. The van der Waals surface area contributed by atoms with Crippen molar-refractivity contribution in [2.45, 2.75) is 5.41 Å². The summed E-state index contributed by atoms with van der Waals surface area (Å²) in [6.07, 6.45) is 0. The van der Waals surface area contributed by atoms with Crippen LogP contribution in [0.25, 0.3) is 55.6 Å². The van der Waals surface area contributed by atoms with Gasteiger partial charge in [-0.1, -0.05) is 194 Å². The van der Waals surface area contributed by atoms with Gasteiger partial charge >= 0.3 is 0 Å². The van der Waals surface area contributed by atoms with Crippen LogP contribution >= 0.6 is 0 Å². The van der Waals surface area contributed by atoms with Gasteiger partial charge in [0.2, 0.25) is 0 Å². The monoisotopic (exact) mass is 803 g/mol. The molecule has 2 heteroatoms. The number of anilines is 3. The average molecular weight is 804 g/mol. The van der Waals surface area contributed by atoms with Gasteiger partial charge in [-0.3, -0.25) is 0 Å². The largest absolute Gasteiger partial charge is 0.457 e. The molecule has 0 radical (unpaired) electrons. The van der Waals surface area contributed by atoms with Crippen LogP contribution in [0.3, 0.4) is 0 Å². The minimum absolute atomic E-state index is 0.555. The number of hydrogen-bond donors (Lipinski definition) is 0. The maximum atomic E-state index is 6.66. The Morgan fingerprint density at radius 1 is 0.270 bits per heavy atom. The van der Waals surface area contributed by atoms with Gasteiger partial charge in [0.05, 0.1) is 11.1 Å².